The lowest BCUT2D eigenvalue weighted by Gasteiger charge is -2.09. The number of pyridine rings is 1. The molecule has 0 fully saturated rings. The van der Waals surface area contributed by atoms with E-state index in [9.17, 15) is 0 Å². The predicted molar refractivity (Wildman–Crippen MR) is 107 cm³/mol. The first kappa shape index (κ1) is 17.9. The lowest BCUT2D eigenvalue weighted by atomic mass is 10.2. The molecule has 0 aliphatic rings. The van der Waals surface area contributed by atoms with Gasteiger partial charge < -0.3 is 19.8 Å². The van der Waals surface area contributed by atoms with Gasteiger partial charge in [0.15, 0.2) is 0 Å². The summed E-state index contributed by atoms with van der Waals surface area (Å²) >= 11 is 0. The maximum Gasteiger partial charge on any atom is 0.222 e. The Balaban J connectivity index is 1.68. The molecular weight excluding hydrogens is 354 g/mol. The summed E-state index contributed by atoms with van der Waals surface area (Å²) in [6, 6.07) is 11.6. The van der Waals surface area contributed by atoms with Crippen LogP contribution in [0, 0.1) is 6.92 Å². The summed E-state index contributed by atoms with van der Waals surface area (Å²) < 4.78 is 13.4. The van der Waals surface area contributed by atoms with Gasteiger partial charge in [-0.1, -0.05) is 12.1 Å². The quantitative estimate of drug-likeness (QED) is 0.555. The molecule has 0 amide bonds. The van der Waals surface area contributed by atoms with Crippen molar-refractivity contribution in [3.63, 3.8) is 0 Å². The average Bonchev–Trinajstić information content (AvgIpc) is 3.05. The van der Waals surface area contributed by atoms with Gasteiger partial charge in [-0.15, -0.1) is 0 Å². The lowest BCUT2D eigenvalue weighted by molar-refractivity contribution is 0.397. The minimum atomic E-state index is 0.342. The molecule has 0 saturated carbocycles. The van der Waals surface area contributed by atoms with E-state index in [2.05, 4.69) is 38.7 Å². The van der Waals surface area contributed by atoms with Crippen molar-refractivity contribution in [1.82, 2.24) is 19.5 Å². The molecule has 0 unspecified atom stereocenters. The van der Waals surface area contributed by atoms with Crippen LogP contribution in [0.3, 0.4) is 0 Å². The van der Waals surface area contributed by atoms with E-state index in [-0.39, 0.29) is 0 Å². The number of fused-ring (bicyclic) bond motifs is 1. The molecule has 0 radical (unpaired) electrons. The van der Waals surface area contributed by atoms with E-state index in [4.69, 9.17) is 15.2 Å². The largest absolute Gasteiger partial charge is 0.481 e. The Kier molecular flexibility index (Phi) is 4.90. The molecule has 2 N–H and O–H groups in total. The zero-order valence-corrected chi connectivity index (χ0v) is 15.8. The number of hydrogen-bond donors (Lipinski definition) is 1. The van der Waals surface area contributed by atoms with Crippen LogP contribution in [0.25, 0.3) is 10.9 Å². The van der Waals surface area contributed by atoms with Gasteiger partial charge in [0, 0.05) is 43.0 Å². The van der Waals surface area contributed by atoms with Gasteiger partial charge in [0.05, 0.1) is 18.3 Å². The van der Waals surface area contributed by atoms with E-state index in [0.717, 1.165) is 33.5 Å². The SMILES string of the molecule is COc1ccc(Cn2cc(C)c3c(Oc4cc(CN)ncn4)cccc32)cn1. The minimum absolute atomic E-state index is 0.342. The van der Waals surface area contributed by atoms with Crippen molar-refractivity contribution < 1.29 is 9.47 Å². The molecule has 142 valence electrons. The number of methoxy groups -OCH3 is 1. The summed E-state index contributed by atoms with van der Waals surface area (Å²) in [4.78, 5) is 12.6. The van der Waals surface area contributed by atoms with Gasteiger partial charge in [-0.2, -0.15) is 0 Å². The number of ether oxygens (including phenoxy) is 2. The fraction of sp³-hybridized carbons (Fsp3) is 0.190. The van der Waals surface area contributed by atoms with Crippen LogP contribution in [-0.2, 0) is 13.1 Å². The third-order valence-corrected chi connectivity index (χ3v) is 4.54. The Bertz CT molecular complexity index is 1110. The average molecular weight is 375 g/mol. The molecule has 0 aliphatic heterocycles. The maximum absolute atomic E-state index is 6.06. The number of aryl methyl sites for hydroxylation is 1. The van der Waals surface area contributed by atoms with Gasteiger partial charge >= 0.3 is 0 Å². The van der Waals surface area contributed by atoms with E-state index in [1.54, 1.807) is 13.2 Å². The third-order valence-electron chi connectivity index (χ3n) is 4.54. The smallest absolute Gasteiger partial charge is 0.222 e. The van der Waals surface area contributed by atoms with Crippen LogP contribution >= 0.6 is 0 Å². The molecule has 0 atom stereocenters. The van der Waals surface area contributed by atoms with Crippen molar-refractivity contribution in [3.05, 3.63) is 71.9 Å². The van der Waals surface area contributed by atoms with Crippen molar-refractivity contribution in [2.75, 3.05) is 7.11 Å². The number of nitrogens with two attached hydrogens (primary N) is 1. The van der Waals surface area contributed by atoms with E-state index < -0.39 is 0 Å². The highest BCUT2D eigenvalue weighted by molar-refractivity contribution is 5.90. The van der Waals surface area contributed by atoms with E-state index in [1.807, 2.05) is 30.5 Å². The van der Waals surface area contributed by atoms with E-state index >= 15 is 0 Å². The second kappa shape index (κ2) is 7.66. The summed E-state index contributed by atoms with van der Waals surface area (Å²) in [5, 5.41) is 1.05. The zero-order valence-electron chi connectivity index (χ0n) is 15.8. The fourth-order valence-corrected chi connectivity index (χ4v) is 3.22. The molecule has 3 aromatic heterocycles. The fourth-order valence-electron chi connectivity index (χ4n) is 3.22. The number of nitrogens with zero attached hydrogens (tertiary/aromatic N) is 4. The predicted octanol–water partition coefficient (Wildman–Crippen LogP) is 3.44. The second-order valence-electron chi connectivity index (χ2n) is 6.45. The molecular formula is C21H21N5O2. The Labute approximate surface area is 162 Å². The van der Waals surface area contributed by atoms with Crippen LogP contribution in [-0.4, -0.2) is 26.6 Å². The van der Waals surface area contributed by atoms with Gasteiger partial charge in [-0.25, -0.2) is 15.0 Å². The van der Waals surface area contributed by atoms with E-state index in [0.29, 0.717) is 24.8 Å². The van der Waals surface area contributed by atoms with Gasteiger partial charge in [0.1, 0.15) is 12.1 Å². The number of aromatic nitrogens is 4. The van der Waals surface area contributed by atoms with Crippen LogP contribution in [0.2, 0.25) is 0 Å². The molecule has 4 aromatic rings. The summed E-state index contributed by atoms with van der Waals surface area (Å²) in [5.41, 5.74) is 9.69. The maximum atomic E-state index is 6.06. The van der Waals surface area contributed by atoms with Gasteiger partial charge in [0.25, 0.3) is 0 Å². The van der Waals surface area contributed by atoms with Crippen LogP contribution in [0.5, 0.6) is 17.5 Å². The van der Waals surface area contributed by atoms with Gasteiger partial charge in [-0.3, -0.25) is 0 Å². The molecule has 1 aromatic carbocycles. The molecule has 7 heteroatoms. The molecule has 0 aliphatic carbocycles. The molecule has 0 spiro atoms. The van der Waals surface area contributed by atoms with Crippen LogP contribution in [0.1, 0.15) is 16.8 Å². The number of hydrogen-bond acceptors (Lipinski definition) is 6. The Morgan fingerprint density at radius 2 is 1.96 bits per heavy atom. The summed E-state index contributed by atoms with van der Waals surface area (Å²) in [6.07, 6.45) is 5.41. The Morgan fingerprint density at radius 3 is 2.71 bits per heavy atom. The topological polar surface area (TPSA) is 88.1 Å². The van der Waals surface area contributed by atoms with Crippen molar-refractivity contribution in [2.45, 2.75) is 20.0 Å². The first-order valence-electron chi connectivity index (χ1n) is 8.94. The number of benzene rings is 1. The first-order chi connectivity index (χ1) is 13.7. The molecule has 0 saturated heterocycles. The standard InChI is InChI=1S/C21H21N5O2/c1-14-11-26(12-15-6-7-19(27-2)23-10-15)17-4-3-5-18(21(14)17)28-20-8-16(9-22)24-13-25-20/h3-8,10-11,13H,9,12,22H2,1-2H3. The van der Waals surface area contributed by atoms with Crippen molar-refractivity contribution >= 4 is 10.9 Å². The highest BCUT2D eigenvalue weighted by Crippen LogP contribution is 2.33. The molecule has 7 nitrogen and oxygen atoms in total. The molecule has 0 bridgehead atoms. The summed E-state index contributed by atoms with van der Waals surface area (Å²) in [5.74, 6) is 1.84. The van der Waals surface area contributed by atoms with Crippen molar-refractivity contribution in [1.29, 1.82) is 0 Å². The highest BCUT2D eigenvalue weighted by atomic mass is 16.5. The highest BCUT2D eigenvalue weighted by Gasteiger charge is 2.13. The van der Waals surface area contributed by atoms with Crippen LogP contribution in [0.15, 0.2) is 55.1 Å². The molecule has 3 heterocycles. The Hall–Kier alpha value is -3.45. The normalized spacial score (nSPS) is 11.0. The van der Waals surface area contributed by atoms with Crippen molar-refractivity contribution in [3.8, 4) is 17.5 Å². The summed E-state index contributed by atoms with van der Waals surface area (Å²) in [6.45, 7) is 3.12. The van der Waals surface area contributed by atoms with Crippen molar-refractivity contribution in [2.24, 2.45) is 5.73 Å². The van der Waals surface area contributed by atoms with Crippen LogP contribution in [0.4, 0.5) is 0 Å². The van der Waals surface area contributed by atoms with Crippen LogP contribution < -0.4 is 15.2 Å². The molecule has 4 rings (SSSR count). The first-order valence-corrected chi connectivity index (χ1v) is 8.94. The number of rotatable bonds is 6. The third kappa shape index (κ3) is 3.52. The van der Waals surface area contributed by atoms with Gasteiger partial charge in [-0.05, 0) is 30.2 Å². The minimum Gasteiger partial charge on any atom is -0.481 e. The second-order valence-corrected chi connectivity index (χ2v) is 6.45. The zero-order chi connectivity index (χ0) is 19.5. The Morgan fingerprint density at radius 1 is 1.07 bits per heavy atom. The lowest BCUT2D eigenvalue weighted by Crippen LogP contribution is -2.01. The molecule has 28 heavy (non-hydrogen) atoms. The van der Waals surface area contributed by atoms with E-state index in [1.165, 1.54) is 6.33 Å². The monoisotopic (exact) mass is 375 g/mol. The summed E-state index contributed by atoms with van der Waals surface area (Å²) in [7, 11) is 1.61. The van der Waals surface area contributed by atoms with Gasteiger partial charge in [0.2, 0.25) is 11.8 Å².